The van der Waals surface area contributed by atoms with Crippen LogP contribution in [0.15, 0.2) is 54.6 Å². The summed E-state index contributed by atoms with van der Waals surface area (Å²) >= 11 is 0. The van der Waals surface area contributed by atoms with E-state index in [-0.39, 0.29) is 18.4 Å². The van der Waals surface area contributed by atoms with Crippen molar-refractivity contribution in [1.82, 2.24) is 10.6 Å². The predicted octanol–water partition coefficient (Wildman–Crippen LogP) is 2.52. The fraction of sp³-hybridized carbons (Fsp3) is 0.263. The topological polar surface area (TPSA) is 67.4 Å². The van der Waals surface area contributed by atoms with Crippen molar-refractivity contribution in [2.24, 2.45) is 0 Å². The molecule has 0 saturated carbocycles. The van der Waals surface area contributed by atoms with Gasteiger partial charge in [-0.3, -0.25) is 9.59 Å². The lowest BCUT2D eigenvalue weighted by Gasteiger charge is -2.09. The number of benzene rings is 2. The van der Waals surface area contributed by atoms with Gasteiger partial charge >= 0.3 is 0 Å². The van der Waals surface area contributed by atoms with Crippen LogP contribution in [0.2, 0.25) is 0 Å². The normalized spacial score (nSPS) is 10.0. The summed E-state index contributed by atoms with van der Waals surface area (Å²) in [6.07, 6.45) is 0.862. The molecule has 0 heterocycles. The molecule has 0 spiro atoms. The van der Waals surface area contributed by atoms with Crippen LogP contribution in [0.3, 0.4) is 0 Å². The third-order valence-electron chi connectivity index (χ3n) is 3.33. The van der Waals surface area contributed by atoms with E-state index in [1.54, 1.807) is 24.3 Å². The van der Waals surface area contributed by atoms with Gasteiger partial charge in [-0.1, -0.05) is 43.3 Å². The number of amides is 2. The zero-order valence-electron chi connectivity index (χ0n) is 13.7. The number of ether oxygens (including phenoxy) is 1. The highest BCUT2D eigenvalue weighted by molar-refractivity contribution is 5.96. The Kier molecular flexibility index (Phi) is 6.83. The van der Waals surface area contributed by atoms with Gasteiger partial charge in [-0.25, -0.2) is 0 Å². The Morgan fingerprint density at radius 2 is 1.79 bits per heavy atom. The summed E-state index contributed by atoms with van der Waals surface area (Å²) in [5, 5.41) is 5.31. The fourth-order valence-corrected chi connectivity index (χ4v) is 2.06. The molecule has 0 bridgehead atoms. The van der Waals surface area contributed by atoms with Crippen LogP contribution in [0.1, 0.15) is 29.3 Å². The van der Waals surface area contributed by atoms with E-state index in [1.807, 2.05) is 37.3 Å². The average molecular weight is 326 g/mol. The molecule has 0 aliphatic heterocycles. The van der Waals surface area contributed by atoms with Gasteiger partial charge in [-0.15, -0.1) is 0 Å². The molecule has 126 valence electrons. The van der Waals surface area contributed by atoms with E-state index in [2.05, 4.69) is 10.6 Å². The number of rotatable bonds is 8. The molecule has 24 heavy (non-hydrogen) atoms. The van der Waals surface area contributed by atoms with Crippen LogP contribution >= 0.6 is 0 Å². The van der Waals surface area contributed by atoms with E-state index in [4.69, 9.17) is 4.74 Å². The monoisotopic (exact) mass is 326 g/mol. The molecule has 0 fully saturated rings. The molecule has 2 rings (SSSR count). The second-order valence-electron chi connectivity index (χ2n) is 5.33. The first kappa shape index (κ1) is 17.5. The van der Waals surface area contributed by atoms with Crippen molar-refractivity contribution < 1.29 is 14.3 Å². The molecule has 2 amide bonds. The number of carbonyl (C=O) groups excluding carboxylic acids is 2. The largest absolute Gasteiger partial charge is 0.489 e. The summed E-state index contributed by atoms with van der Waals surface area (Å²) in [5.74, 6) is 0.121. The van der Waals surface area contributed by atoms with Crippen LogP contribution in [0.4, 0.5) is 0 Å². The molecule has 0 saturated heterocycles. The maximum absolute atomic E-state index is 12.1. The van der Waals surface area contributed by atoms with Gasteiger partial charge in [-0.05, 0) is 30.2 Å². The average Bonchev–Trinajstić information content (AvgIpc) is 2.63. The maximum atomic E-state index is 12.1. The molecule has 2 aromatic rings. The Morgan fingerprint density at radius 1 is 1.00 bits per heavy atom. The maximum Gasteiger partial charge on any atom is 0.251 e. The Balaban J connectivity index is 1.87. The first-order valence-electron chi connectivity index (χ1n) is 8.00. The molecular formula is C19H22N2O3. The lowest BCUT2D eigenvalue weighted by molar-refractivity contribution is -0.120. The van der Waals surface area contributed by atoms with Crippen LogP contribution < -0.4 is 15.4 Å². The van der Waals surface area contributed by atoms with Gasteiger partial charge in [0, 0.05) is 12.1 Å². The second-order valence-corrected chi connectivity index (χ2v) is 5.33. The van der Waals surface area contributed by atoms with Crippen molar-refractivity contribution in [2.75, 3.05) is 13.1 Å². The van der Waals surface area contributed by atoms with Gasteiger partial charge < -0.3 is 15.4 Å². The number of hydrogen-bond acceptors (Lipinski definition) is 3. The molecule has 0 aromatic heterocycles. The van der Waals surface area contributed by atoms with Crippen LogP contribution in [0, 0.1) is 0 Å². The molecule has 0 unspecified atom stereocenters. The first-order valence-corrected chi connectivity index (χ1v) is 8.00. The van der Waals surface area contributed by atoms with Crippen molar-refractivity contribution in [3.05, 3.63) is 65.7 Å². The minimum atomic E-state index is -0.299. The number of carbonyl (C=O) groups is 2. The Bertz CT molecular complexity index is 671. The van der Waals surface area contributed by atoms with Crippen molar-refractivity contribution in [2.45, 2.75) is 20.0 Å². The molecule has 2 aromatic carbocycles. The van der Waals surface area contributed by atoms with Crippen molar-refractivity contribution in [3.63, 3.8) is 0 Å². The van der Waals surface area contributed by atoms with E-state index in [0.29, 0.717) is 24.5 Å². The molecule has 5 heteroatoms. The van der Waals surface area contributed by atoms with Crippen LogP contribution in [0.25, 0.3) is 0 Å². The SMILES string of the molecule is CCCNC(=O)CNC(=O)c1cccc(OCc2ccccc2)c1. The summed E-state index contributed by atoms with van der Waals surface area (Å²) in [6, 6.07) is 16.7. The minimum Gasteiger partial charge on any atom is -0.489 e. The lowest BCUT2D eigenvalue weighted by atomic mass is 10.2. The van der Waals surface area contributed by atoms with E-state index in [1.165, 1.54) is 0 Å². The molecule has 0 aliphatic carbocycles. The standard InChI is InChI=1S/C19H22N2O3/c1-2-11-20-18(22)13-21-19(23)16-9-6-10-17(12-16)24-14-15-7-4-3-5-8-15/h3-10,12H,2,11,13-14H2,1H3,(H,20,22)(H,21,23). The number of hydrogen-bond donors (Lipinski definition) is 2. The highest BCUT2D eigenvalue weighted by Gasteiger charge is 2.08. The van der Waals surface area contributed by atoms with Crippen molar-refractivity contribution >= 4 is 11.8 Å². The van der Waals surface area contributed by atoms with Gasteiger partial charge in [0.1, 0.15) is 12.4 Å². The molecule has 0 radical (unpaired) electrons. The summed E-state index contributed by atoms with van der Waals surface area (Å²) < 4.78 is 5.70. The fourth-order valence-electron chi connectivity index (χ4n) is 2.06. The van der Waals surface area contributed by atoms with E-state index >= 15 is 0 Å². The van der Waals surface area contributed by atoms with Crippen molar-refractivity contribution in [3.8, 4) is 5.75 Å². The van der Waals surface area contributed by atoms with Crippen LogP contribution in [-0.4, -0.2) is 24.9 Å². The van der Waals surface area contributed by atoms with Gasteiger partial charge in [0.25, 0.3) is 5.91 Å². The van der Waals surface area contributed by atoms with Gasteiger partial charge in [-0.2, -0.15) is 0 Å². The van der Waals surface area contributed by atoms with Crippen LogP contribution in [-0.2, 0) is 11.4 Å². The van der Waals surface area contributed by atoms with E-state index in [0.717, 1.165) is 12.0 Å². The van der Waals surface area contributed by atoms with Gasteiger partial charge in [0.15, 0.2) is 0 Å². The Labute approximate surface area is 142 Å². The Hall–Kier alpha value is -2.82. The van der Waals surface area contributed by atoms with Gasteiger partial charge in [0.2, 0.25) is 5.91 Å². The zero-order chi connectivity index (χ0) is 17.2. The number of nitrogens with one attached hydrogen (secondary N) is 2. The smallest absolute Gasteiger partial charge is 0.251 e. The zero-order valence-corrected chi connectivity index (χ0v) is 13.7. The minimum absolute atomic E-state index is 0.0338. The van der Waals surface area contributed by atoms with Crippen molar-refractivity contribution in [1.29, 1.82) is 0 Å². The lowest BCUT2D eigenvalue weighted by Crippen LogP contribution is -2.37. The first-order chi connectivity index (χ1) is 11.7. The second kappa shape index (κ2) is 9.35. The molecule has 2 N–H and O–H groups in total. The predicted molar refractivity (Wildman–Crippen MR) is 92.8 cm³/mol. The van der Waals surface area contributed by atoms with Gasteiger partial charge in [0.05, 0.1) is 6.54 Å². The third kappa shape index (κ3) is 5.76. The molecular weight excluding hydrogens is 304 g/mol. The van der Waals surface area contributed by atoms with E-state index in [9.17, 15) is 9.59 Å². The quantitative estimate of drug-likeness (QED) is 0.783. The molecule has 5 nitrogen and oxygen atoms in total. The summed E-state index contributed by atoms with van der Waals surface area (Å²) in [7, 11) is 0. The molecule has 0 atom stereocenters. The summed E-state index contributed by atoms with van der Waals surface area (Å²) in [6.45, 7) is 2.98. The molecule has 0 aliphatic rings. The highest BCUT2D eigenvalue weighted by Crippen LogP contribution is 2.15. The highest BCUT2D eigenvalue weighted by atomic mass is 16.5. The summed E-state index contributed by atoms with van der Waals surface area (Å²) in [4.78, 5) is 23.6. The Morgan fingerprint density at radius 3 is 2.54 bits per heavy atom. The van der Waals surface area contributed by atoms with Crippen LogP contribution in [0.5, 0.6) is 5.75 Å². The summed E-state index contributed by atoms with van der Waals surface area (Å²) in [5.41, 5.74) is 1.52. The van der Waals surface area contributed by atoms with E-state index < -0.39 is 0 Å². The third-order valence-corrected chi connectivity index (χ3v) is 3.33.